The van der Waals surface area contributed by atoms with Gasteiger partial charge in [-0.15, -0.1) is 6.58 Å². The molecule has 0 fully saturated rings. The third-order valence-corrected chi connectivity index (χ3v) is 8.81. The van der Waals surface area contributed by atoms with Crippen molar-refractivity contribution in [3.63, 3.8) is 0 Å². The van der Waals surface area contributed by atoms with Crippen molar-refractivity contribution in [2.45, 2.75) is 52.9 Å². The molecule has 0 N–H and O–H groups in total. The van der Waals surface area contributed by atoms with E-state index in [2.05, 4.69) is 6.58 Å². The van der Waals surface area contributed by atoms with Crippen LogP contribution < -0.4 is 29.1 Å². The van der Waals surface area contributed by atoms with E-state index in [0.29, 0.717) is 55.9 Å². The molecule has 2 heterocycles. The predicted molar refractivity (Wildman–Crippen MR) is 185 cm³/mol. The molecule has 0 spiro atoms. The highest BCUT2D eigenvalue weighted by atomic mass is 35.5. The van der Waals surface area contributed by atoms with Gasteiger partial charge in [-0.05, 0) is 81.7 Å². The highest BCUT2D eigenvalue weighted by Gasteiger charge is 2.34. The topological polar surface area (TPSA) is 88.4 Å². The zero-order chi connectivity index (χ0) is 33.7. The molecule has 0 amide bonds. The molecule has 244 valence electrons. The van der Waals surface area contributed by atoms with Gasteiger partial charge in [-0.1, -0.05) is 59.3 Å². The van der Waals surface area contributed by atoms with E-state index in [9.17, 15) is 9.59 Å². The van der Waals surface area contributed by atoms with Crippen molar-refractivity contribution in [3.8, 4) is 17.2 Å². The zero-order valence-electron chi connectivity index (χ0n) is 27.0. The number of allylic oxidation sites excluding steroid dienone is 2. The van der Waals surface area contributed by atoms with Crippen LogP contribution in [-0.4, -0.2) is 30.4 Å². The Labute approximate surface area is 282 Å². The monoisotopic (exact) mass is 672 g/mol. The second kappa shape index (κ2) is 14.9. The van der Waals surface area contributed by atoms with Gasteiger partial charge in [-0.2, -0.15) is 0 Å². The van der Waals surface area contributed by atoms with Crippen LogP contribution >= 0.6 is 22.9 Å². The lowest BCUT2D eigenvalue weighted by molar-refractivity contribution is -0.143. The Bertz CT molecular complexity index is 2010. The van der Waals surface area contributed by atoms with Gasteiger partial charge < -0.3 is 18.9 Å². The molecule has 0 aliphatic carbocycles. The maximum atomic E-state index is 14.2. The lowest BCUT2D eigenvalue weighted by Crippen LogP contribution is -2.40. The highest BCUT2D eigenvalue weighted by Crippen LogP contribution is 2.36. The van der Waals surface area contributed by atoms with Gasteiger partial charge >= 0.3 is 5.97 Å². The SMILES string of the molecule is C=CCc1cc(/C=c2/sc3n(c2=O)[C@H](c2ccc(OC)cc2)C(C(=O)OC(C)C)=C(C)N=3)cc(OCC)c1OCc1ccccc1Cl. The molecule has 0 saturated heterocycles. The number of hydrogen-bond donors (Lipinski definition) is 0. The van der Waals surface area contributed by atoms with Crippen molar-refractivity contribution >= 4 is 35.0 Å². The van der Waals surface area contributed by atoms with Gasteiger partial charge in [-0.3, -0.25) is 9.36 Å². The Kier molecular flexibility index (Phi) is 10.7. The Hall–Kier alpha value is -4.60. The van der Waals surface area contributed by atoms with Gasteiger partial charge in [0.15, 0.2) is 16.3 Å². The van der Waals surface area contributed by atoms with E-state index in [1.165, 1.54) is 11.3 Å². The maximum Gasteiger partial charge on any atom is 0.338 e. The van der Waals surface area contributed by atoms with Crippen LogP contribution in [0.15, 0.2) is 94.4 Å². The minimum Gasteiger partial charge on any atom is -0.497 e. The summed E-state index contributed by atoms with van der Waals surface area (Å²) >= 11 is 7.64. The Balaban J connectivity index is 1.63. The molecule has 1 aromatic heterocycles. The third kappa shape index (κ3) is 7.37. The number of aromatic nitrogens is 1. The normalized spacial score (nSPS) is 14.4. The predicted octanol–water partition coefficient (Wildman–Crippen LogP) is 6.56. The molecule has 1 atom stereocenters. The van der Waals surface area contributed by atoms with Crippen molar-refractivity contribution < 1.29 is 23.7 Å². The van der Waals surface area contributed by atoms with E-state index in [-0.39, 0.29) is 18.3 Å². The quantitative estimate of drug-likeness (QED) is 0.125. The largest absolute Gasteiger partial charge is 0.497 e. The number of nitrogens with zero attached hydrogens (tertiary/aromatic N) is 2. The van der Waals surface area contributed by atoms with Gasteiger partial charge in [0.05, 0.1) is 41.7 Å². The van der Waals surface area contributed by atoms with E-state index in [4.69, 9.17) is 35.5 Å². The Morgan fingerprint density at radius 2 is 1.85 bits per heavy atom. The molecule has 0 radical (unpaired) electrons. The molecule has 8 nitrogen and oxygen atoms in total. The summed E-state index contributed by atoms with van der Waals surface area (Å²) in [5.74, 6) is 1.28. The van der Waals surface area contributed by atoms with Gasteiger partial charge in [0.1, 0.15) is 12.4 Å². The second-order valence-corrected chi connectivity index (χ2v) is 12.5. The number of benzene rings is 3. The summed E-state index contributed by atoms with van der Waals surface area (Å²) in [6.07, 6.45) is 3.77. The number of methoxy groups -OCH3 is 1. The third-order valence-electron chi connectivity index (χ3n) is 7.46. The van der Waals surface area contributed by atoms with Gasteiger partial charge in [0.25, 0.3) is 5.56 Å². The van der Waals surface area contributed by atoms with Crippen LogP contribution in [-0.2, 0) is 22.6 Å². The molecule has 0 saturated carbocycles. The van der Waals surface area contributed by atoms with Crippen LogP contribution in [0.25, 0.3) is 6.08 Å². The lowest BCUT2D eigenvalue weighted by Gasteiger charge is -2.25. The number of carbonyl (C=O) groups is 1. The van der Waals surface area contributed by atoms with Crippen LogP contribution in [0.3, 0.4) is 0 Å². The van der Waals surface area contributed by atoms with Crippen molar-refractivity contribution in [1.82, 2.24) is 4.57 Å². The molecule has 1 aliphatic heterocycles. The first kappa shape index (κ1) is 33.8. The standard InChI is InChI=1S/C37H37ClN2O6S/c1-7-11-26-18-24(19-30(44-8-2)34(26)45-21-27-12-9-10-13-29(27)38)20-31-35(41)40-33(25-14-16-28(43-6)17-15-25)32(36(42)46-22(3)4)23(5)39-37(40)47-31/h7,9-10,12-20,22,33H,1,8,11,21H2,2-6H3/b31-20+/t33-/m1/s1. The molecule has 3 aromatic carbocycles. The molecule has 1 aliphatic rings. The van der Waals surface area contributed by atoms with Crippen LogP contribution in [0.5, 0.6) is 17.2 Å². The van der Waals surface area contributed by atoms with Crippen molar-refractivity contribution in [3.05, 3.63) is 132 Å². The number of esters is 1. The summed E-state index contributed by atoms with van der Waals surface area (Å²) in [5, 5.41) is 0.617. The fourth-order valence-electron chi connectivity index (χ4n) is 5.38. The van der Waals surface area contributed by atoms with Crippen molar-refractivity contribution in [2.24, 2.45) is 4.99 Å². The van der Waals surface area contributed by atoms with Gasteiger partial charge in [0, 0.05) is 16.1 Å². The number of fused-ring (bicyclic) bond motifs is 1. The molecule has 47 heavy (non-hydrogen) atoms. The molecule has 10 heteroatoms. The van der Waals surface area contributed by atoms with Crippen LogP contribution in [0, 0.1) is 0 Å². The lowest BCUT2D eigenvalue weighted by atomic mass is 9.96. The summed E-state index contributed by atoms with van der Waals surface area (Å²) in [7, 11) is 1.59. The zero-order valence-corrected chi connectivity index (χ0v) is 28.6. The summed E-state index contributed by atoms with van der Waals surface area (Å²) in [5.41, 5.74) is 3.71. The number of hydrogen-bond acceptors (Lipinski definition) is 8. The van der Waals surface area contributed by atoms with E-state index >= 15 is 0 Å². The molecular formula is C37H37ClN2O6S. The van der Waals surface area contributed by atoms with Crippen molar-refractivity contribution in [2.75, 3.05) is 13.7 Å². The number of ether oxygens (including phenoxy) is 4. The second-order valence-electron chi connectivity index (χ2n) is 11.1. The molecule has 4 aromatic rings. The molecule has 0 bridgehead atoms. The van der Waals surface area contributed by atoms with E-state index < -0.39 is 12.0 Å². The molecule has 5 rings (SSSR count). The van der Waals surface area contributed by atoms with Crippen LogP contribution in [0.4, 0.5) is 0 Å². The van der Waals surface area contributed by atoms with Gasteiger partial charge in [-0.25, -0.2) is 9.79 Å². The molecule has 0 unspecified atom stereocenters. The first-order chi connectivity index (χ1) is 22.6. The fraction of sp³-hybridized carbons (Fsp3) is 0.270. The fourth-order valence-corrected chi connectivity index (χ4v) is 6.62. The van der Waals surface area contributed by atoms with Gasteiger partial charge in [0.2, 0.25) is 0 Å². The molecular weight excluding hydrogens is 636 g/mol. The van der Waals surface area contributed by atoms with E-state index in [1.54, 1.807) is 50.7 Å². The Morgan fingerprint density at radius 1 is 1.11 bits per heavy atom. The Morgan fingerprint density at radius 3 is 2.51 bits per heavy atom. The summed E-state index contributed by atoms with van der Waals surface area (Å²) in [4.78, 5) is 32.8. The smallest absolute Gasteiger partial charge is 0.338 e. The van der Waals surface area contributed by atoms with Crippen molar-refractivity contribution in [1.29, 1.82) is 0 Å². The minimum absolute atomic E-state index is 0.258. The first-order valence-electron chi connectivity index (χ1n) is 15.3. The number of rotatable bonds is 12. The highest BCUT2D eigenvalue weighted by molar-refractivity contribution is 7.07. The van der Waals surface area contributed by atoms with E-state index in [0.717, 1.165) is 22.3 Å². The summed E-state index contributed by atoms with van der Waals surface area (Å²) in [6, 6.07) is 17.9. The number of carbonyl (C=O) groups excluding carboxylic acids is 1. The number of thiazole rings is 1. The minimum atomic E-state index is -0.735. The van der Waals surface area contributed by atoms with Crippen LogP contribution in [0.2, 0.25) is 5.02 Å². The first-order valence-corrected chi connectivity index (χ1v) is 16.5. The summed E-state index contributed by atoms with van der Waals surface area (Å²) < 4.78 is 25.3. The summed E-state index contributed by atoms with van der Waals surface area (Å²) in [6.45, 7) is 11.8. The van der Waals surface area contributed by atoms with Crippen LogP contribution in [0.1, 0.15) is 56.0 Å². The maximum absolute atomic E-state index is 14.2. The average Bonchev–Trinajstić information content (AvgIpc) is 3.34. The number of halogens is 1. The van der Waals surface area contributed by atoms with E-state index in [1.807, 2.05) is 61.5 Å². The average molecular weight is 673 g/mol.